The van der Waals surface area contributed by atoms with Crippen LogP contribution in [0.5, 0.6) is 0 Å². The van der Waals surface area contributed by atoms with E-state index in [1.165, 1.54) is 12.8 Å². The number of aliphatic hydroxyl groups is 1. The molecule has 1 spiro atoms. The summed E-state index contributed by atoms with van der Waals surface area (Å²) in [6.07, 6.45) is 6.62. The van der Waals surface area contributed by atoms with Crippen molar-refractivity contribution in [3.8, 4) is 0 Å². The summed E-state index contributed by atoms with van der Waals surface area (Å²) < 4.78 is 0. The number of nitrogens with zero attached hydrogens (tertiary/aromatic N) is 3. The molecular formula is C19H33N3O3. The standard InChI is InChI=1S/C19H33N3O3/c1-18(2)6-3-16(23)22(18)14-4-8-20(9-5-14)15-11-19(12-15)7-10-21(13-19)17(24)25/h14-16,23H,3-13H2,1-2H3,(H,24,25). The fourth-order valence-electron chi connectivity index (χ4n) is 6.05. The van der Waals surface area contributed by atoms with Gasteiger partial charge in [0.05, 0.1) is 0 Å². The number of carboxylic acid groups (broad SMARTS) is 1. The maximum atomic E-state index is 11.1. The molecule has 1 atom stereocenters. The Morgan fingerprint density at radius 2 is 1.68 bits per heavy atom. The van der Waals surface area contributed by atoms with E-state index in [0.717, 1.165) is 51.7 Å². The van der Waals surface area contributed by atoms with Gasteiger partial charge >= 0.3 is 6.09 Å². The molecule has 1 aliphatic carbocycles. The fraction of sp³-hybridized carbons (Fsp3) is 0.947. The van der Waals surface area contributed by atoms with Crippen LogP contribution < -0.4 is 0 Å². The van der Waals surface area contributed by atoms with Crippen molar-refractivity contribution in [1.82, 2.24) is 14.7 Å². The average molecular weight is 351 g/mol. The van der Waals surface area contributed by atoms with Crippen molar-refractivity contribution in [2.24, 2.45) is 5.41 Å². The van der Waals surface area contributed by atoms with Gasteiger partial charge in [0.25, 0.3) is 0 Å². The minimum absolute atomic E-state index is 0.122. The Hall–Kier alpha value is -0.850. The lowest BCUT2D eigenvalue weighted by Gasteiger charge is -2.53. The van der Waals surface area contributed by atoms with E-state index >= 15 is 0 Å². The molecule has 25 heavy (non-hydrogen) atoms. The van der Waals surface area contributed by atoms with Crippen LogP contribution in [0.1, 0.15) is 58.8 Å². The summed E-state index contributed by atoms with van der Waals surface area (Å²) in [7, 11) is 0. The van der Waals surface area contributed by atoms with Gasteiger partial charge in [0.1, 0.15) is 6.23 Å². The van der Waals surface area contributed by atoms with Crippen molar-refractivity contribution < 1.29 is 15.0 Å². The molecule has 1 amide bonds. The Balaban J connectivity index is 1.27. The molecule has 6 nitrogen and oxygen atoms in total. The van der Waals surface area contributed by atoms with Crippen molar-refractivity contribution >= 4 is 6.09 Å². The normalized spacial score (nSPS) is 39.9. The number of likely N-dealkylation sites (tertiary alicyclic amines) is 3. The molecule has 0 aromatic heterocycles. The third-order valence-electron chi connectivity index (χ3n) is 7.49. The third-order valence-corrected chi connectivity index (χ3v) is 7.49. The Morgan fingerprint density at radius 3 is 2.20 bits per heavy atom. The molecule has 1 unspecified atom stereocenters. The van der Waals surface area contributed by atoms with Crippen molar-refractivity contribution in [3.63, 3.8) is 0 Å². The van der Waals surface area contributed by atoms with E-state index < -0.39 is 6.09 Å². The van der Waals surface area contributed by atoms with Crippen LogP contribution in [0, 0.1) is 5.41 Å². The van der Waals surface area contributed by atoms with Crippen LogP contribution in [0.2, 0.25) is 0 Å². The number of piperidine rings is 1. The summed E-state index contributed by atoms with van der Waals surface area (Å²) in [6, 6.07) is 1.15. The van der Waals surface area contributed by atoms with Gasteiger partial charge in [-0.2, -0.15) is 0 Å². The van der Waals surface area contributed by atoms with Crippen LogP contribution in [-0.4, -0.2) is 81.0 Å². The van der Waals surface area contributed by atoms with E-state index in [-0.39, 0.29) is 17.2 Å². The second kappa shape index (κ2) is 6.10. The first kappa shape index (κ1) is 17.6. The van der Waals surface area contributed by atoms with E-state index in [2.05, 4.69) is 23.6 Å². The summed E-state index contributed by atoms with van der Waals surface area (Å²) in [4.78, 5) is 17.7. The zero-order valence-electron chi connectivity index (χ0n) is 15.7. The Bertz CT molecular complexity index is 524. The number of aliphatic hydroxyl groups excluding tert-OH is 1. The maximum absolute atomic E-state index is 11.1. The van der Waals surface area contributed by atoms with Crippen LogP contribution in [0.15, 0.2) is 0 Å². The van der Waals surface area contributed by atoms with Crippen molar-refractivity contribution in [2.45, 2.75) is 82.6 Å². The fourth-order valence-corrected chi connectivity index (χ4v) is 6.05. The van der Waals surface area contributed by atoms with Crippen LogP contribution in [0.3, 0.4) is 0 Å². The van der Waals surface area contributed by atoms with Crippen LogP contribution >= 0.6 is 0 Å². The smallest absolute Gasteiger partial charge is 0.407 e. The number of hydrogen-bond donors (Lipinski definition) is 2. The van der Waals surface area contributed by atoms with Gasteiger partial charge in [-0.3, -0.25) is 4.90 Å². The lowest BCUT2D eigenvalue weighted by Crippen LogP contribution is -2.58. The van der Waals surface area contributed by atoms with Crippen LogP contribution in [0.4, 0.5) is 4.79 Å². The number of carbonyl (C=O) groups is 1. The molecule has 0 bridgehead atoms. The third kappa shape index (κ3) is 3.06. The summed E-state index contributed by atoms with van der Waals surface area (Å²) in [5.74, 6) is 0. The van der Waals surface area contributed by atoms with Crippen molar-refractivity contribution in [3.05, 3.63) is 0 Å². The van der Waals surface area contributed by atoms with E-state index in [4.69, 9.17) is 5.11 Å². The number of rotatable bonds is 2. The van der Waals surface area contributed by atoms with Crippen molar-refractivity contribution in [2.75, 3.05) is 26.2 Å². The molecule has 142 valence electrons. The molecule has 6 heteroatoms. The Kier molecular flexibility index (Phi) is 4.28. The predicted octanol–water partition coefficient (Wildman–Crippen LogP) is 2.18. The molecule has 3 saturated heterocycles. The lowest BCUT2D eigenvalue weighted by molar-refractivity contribution is -0.0702. The van der Waals surface area contributed by atoms with Gasteiger partial charge in [0.2, 0.25) is 0 Å². The molecule has 0 aromatic carbocycles. The predicted molar refractivity (Wildman–Crippen MR) is 95.4 cm³/mol. The molecule has 4 fully saturated rings. The number of amides is 1. The van der Waals surface area contributed by atoms with Gasteiger partial charge in [-0.05, 0) is 77.3 Å². The van der Waals surface area contributed by atoms with Gasteiger partial charge in [0, 0.05) is 30.7 Å². The van der Waals surface area contributed by atoms with E-state index in [9.17, 15) is 9.90 Å². The Morgan fingerprint density at radius 1 is 1.00 bits per heavy atom. The summed E-state index contributed by atoms with van der Waals surface area (Å²) in [5.41, 5.74) is 0.393. The molecular weight excluding hydrogens is 318 g/mol. The molecule has 1 saturated carbocycles. The van der Waals surface area contributed by atoms with E-state index in [1.807, 2.05) is 0 Å². The monoisotopic (exact) mass is 351 g/mol. The Labute approximate surface area is 150 Å². The second-order valence-electron chi connectivity index (χ2n) is 9.52. The van der Waals surface area contributed by atoms with Gasteiger partial charge in [-0.1, -0.05) is 0 Å². The first-order valence-corrected chi connectivity index (χ1v) is 9.98. The topological polar surface area (TPSA) is 67.2 Å². The molecule has 3 aliphatic heterocycles. The van der Waals surface area contributed by atoms with Gasteiger partial charge in [-0.25, -0.2) is 4.79 Å². The van der Waals surface area contributed by atoms with Gasteiger partial charge in [0.15, 0.2) is 0 Å². The average Bonchev–Trinajstić information content (AvgIpc) is 3.08. The molecule has 0 radical (unpaired) electrons. The van der Waals surface area contributed by atoms with Gasteiger partial charge < -0.3 is 20.0 Å². The molecule has 4 aliphatic rings. The highest BCUT2D eigenvalue weighted by Gasteiger charge is 2.52. The van der Waals surface area contributed by atoms with Crippen molar-refractivity contribution in [1.29, 1.82) is 0 Å². The SMILES string of the molecule is CC1(C)CCC(O)N1C1CCN(C2CC3(CCN(C(=O)O)C3)C2)CC1. The van der Waals surface area contributed by atoms with E-state index in [0.29, 0.717) is 18.6 Å². The second-order valence-corrected chi connectivity index (χ2v) is 9.52. The quantitative estimate of drug-likeness (QED) is 0.798. The molecule has 4 rings (SSSR count). The zero-order chi connectivity index (χ0) is 17.8. The largest absolute Gasteiger partial charge is 0.465 e. The summed E-state index contributed by atoms with van der Waals surface area (Å²) in [6.45, 7) is 8.22. The maximum Gasteiger partial charge on any atom is 0.407 e. The first-order chi connectivity index (χ1) is 11.8. The minimum Gasteiger partial charge on any atom is -0.465 e. The van der Waals surface area contributed by atoms with E-state index in [1.54, 1.807) is 4.90 Å². The van der Waals surface area contributed by atoms with Crippen LogP contribution in [0.25, 0.3) is 0 Å². The highest BCUT2D eigenvalue weighted by Crippen LogP contribution is 2.50. The first-order valence-electron chi connectivity index (χ1n) is 9.98. The molecule has 0 aromatic rings. The number of hydrogen-bond acceptors (Lipinski definition) is 4. The highest BCUT2D eigenvalue weighted by atomic mass is 16.4. The summed E-state index contributed by atoms with van der Waals surface area (Å²) >= 11 is 0. The van der Waals surface area contributed by atoms with Gasteiger partial charge in [-0.15, -0.1) is 0 Å². The molecule has 3 heterocycles. The lowest BCUT2D eigenvalue weighted by atomic mass is 9.64. The minimum atomic E-state index is -0.757. The highest BCUT2D eigenvalue weighted by molar-refractivity contribution is 5.65. The summed E-state index contributed by atoms with van der Waals surface area (Å²) in [5, 5.41) is 19.5. The zero-order valence-corrected chi connectivity index (χ0v) is 15.7. The van der Waals surface area contributed by atoms with Crippen LogP contribution in [-0.2, 0) is 0 Å². The molecule has 2 N–H and O–H groups in total.